The molecule has 0 fully saturated rings. The molecule has 0 aliphatic heterocycles. The molecule has 0 aliphatic rings. The van der Waals surface area contributed by atoms with Gasteiger partial charge in [-0.2, -0.15) is 0 Å². The third kappa shape index (κ3) is 2.83. The Morgan fingerprint density at radius 2 is 2.14 bits per heavy atom. The van der Waals surface area contributed by atoms with E-state index in [9.17, 15) is 4.79 Å². The predicted octanol–water partition coefficient (Wildman–Crippen LogP) is 3.89. The third-order valence-corrected chi connectivity index (χ3v) is 3.91. The van der Waals surface area contributed by atoms with E-state index in [4.69, 9.17) is 11.6 Å². The van der Waals surface area contributed by atoms with Crippen LogP contribution in [-0.2, 0) is 17.8 Å². The predicted molar refractivity (Wildman–Crippen MR) is 89.2 cm³/mol. The van der Waals surface area contributed by atoms with Gasteiger partial charge in [0.1, 0.15) is 0 Å². The van der Waals surface area contributed by atoms with Crippen molar-refractivity contribution in [3.8, 4) is 0 Å². The van der Waals surface area contributed by atoms with Gasteiger partial charge in [-0.05, 0) is 24.6 Å². The van der Waals surface area contributed by atoms with Gasteiger partial charge >= 0.3 is 0 Å². The third-order valence-electron chi connectivity index (χ3n) is 3.61. The summed E-state index contributed by atoms with van der Waals surface area (Å²) in [5.74, 6) is -0.0906. The number of carbonyl (C=O) groups excluding carboxylic acids is 1. The Hall–Kier alpha value is -2.33. The van der Waals surface area contributed by atoms with E-state index in [0.29, 0.717) is 17.1 Å². The summed E-state index contributed by atoms with van der Waals surface area (Å²) in [7, 11) is 0. The summed E-state index contributed by atoms with van der Waals surface area (Å²) in [6, 6.07) is 9.80. The number of amides is 1. The summed E-state index contributed by atoms with van der Waals surface area (Å²) in [4.78, 5) is 16.2. The van der Waals surface area contributed by atoms with Crippen LogP contribution in [0, 0.1) is 0 Å². The topological polar surface area (TPSA) is 46.9 Å². The number of aryl methyl sites for hydroxylation is 1. The summed E-state index contributed by atoms with van der Waals surface area (Å²) in [5.41, 5.74) is 2.75. The molecule has 3 aromatic rings. The highest BCUT2D eigenvalue weighted by atomic mass is 35.5. The molecule has 0 bridgehead atoms. The molecular weight excluding hydrogens is 298 g/mol. The highest BCUT2D eigenvalue weighted by Gasteiger charge is 2.12. The minimum Gasteiger partial charge on any atom is -0.347 e. The lowest BCUT2D eigenvalue weighted by Crippen LogP contribution is -2.14. The normalized spacial score (nSPS) is 10.8. The van der Waals surface area contributed by atoms with Crippen molar-refractivity contribution >= 4 is 34.1 Å². The molecule has 0 atom stereocenters. The number of hydrogen-bond acceptors (Lipinski definition) is 2. The number of nitrogens with zero attached hydrogens (tertiary/aromatic N) is 2. The standard InChI is InChI=1S/C17H16ClN3O/c1-2-21-11-12(13-5-3-4-6-16(13)21)9-17(22)20-15-7-8-19-10-14(15)18/h3-8,10-11H,2,9H2,1H3,(H,19,20,22). The number of hydrogen-bond donors (Lipinski definition) is 1. The van der Waals surface area contributed by atoms with Gasteiger partial charge in [0, 0.05) is 36.0 Å². The van der Waals surface area contributed by atoms with E-state index in [1.807, 2.05) is 24.4 Å². The number of rotatable bonds is 4. The first-order valence-electron chi connectivity index (χ1n) is 7.15. The fraction of sp³-hybridized carbons (Fsp3) is 0.176. The van der Waals surface area contributed by atoms with Gasteiger partial charge in [0.2, 0.25) is 5.91 Å². The number of fused-ring (bicyclic) bond motifs is 1. The van der Waals surface area contributed by atoms with Gasteiger partial charge in [-0.1, -0.05) is 29.8 Å². The lowest BCUT2D eigenvalue weighted by atomic mass is 10.1. The first kappa shape index (κ1) is 14.6. The molecule has 0 saturated carbocycles. The van der Waals surface area contributed by atoms with Crippen LogP contribution < -0.4 is 5.32 Å². The number of pyridine rings is 1. The van der Waals surface area contributed by atoms with Crippen molar-refractivity contribution in [2.24, 2.45) is 0 Å². The summed E-state index contributed by atoms with van der Waals surface area (Å²) >= 11 is 6.01. The Labute approximate surface area is 133 Å². The van der Waals surface area contributed by atoms with Crippen LogP contribution in [0.3, 0.4) is 0 Å². The molecule has 0 unspecified atom stereocenters. The van der Waals surface area contributed by atoms with Crippen LogP contribution in [0.15, 0.2) is 48.9 Å². The molecule has 4 nitrogen and oxygen atoms in total. The molecule has 1 N–H and O–H groups in total. The van der Waals surface area contributed by atoms with Gasteiger partial charge in [-0.3, -0.25) is 9.78 Å². The number of nitrogens with one attached hydrogen (secondary N) is 1. The van der Waals surface area contributed by atoms with Crippen LogP contribution >= 0.6 is 11.6 Å². The Morgan fingerprint density at radius 3 is 2.91 bits per heavy atom. The fourth-order valence-corrected chi connectivity index (χ4v) is 2.74. The van der Waals surface area contributed by atoms with E-state index >= 15 is 0 Å². The van der Waals surface area contributed by atoms with E-state index in [1.165, 1.54) is 6.20 Å². The number of para-hydroxylation sites is 1. The average Bonchev–Trinajstić information content (AvgIpc) is 2.88. The maximum absolute atomic E-state index is 12.3. The minimum atomic E-state index is -0.0906. The van der Waals surface area contributed by atoms with Crippen LogP contribution in [0.5, 0.6) is 0 Å². The van der Waals surface area contributed by atoms with Crippen molar-refractivity contribution < 1.29 is 4.79 Å². The van der Waals surface area contributed by atoms with Crippen LogP contribution in [0.1, 0.15) is 12.5 Å². The van der Waals surface area contributed by atoms with Gasteiger partial charge < -0.3 is 9.88 Å². The van der Waals surface area contributed by atoms with Crippen molar-refractivity contribution in [3.63, 3.8) is 0 Å². The van der Waals surface area contributed by atoms with Gasteiger partial charge in [-0.25, -0.2) is 0 Å². The second-order valence-electron chi connectivity index (χ2n) is 5.04. The van der Waals surface area contributed by atoms with E-state index < -0.39 is 0 Å². The first-order valence-corrected chi connectivity index (χ1v) is 7.53. The minimum absolute atomic E-state index is 0.0906. The lowest BCUT2D eigenvalue weighted by Gasteiger charge is -2.06. The van der Waals surface area contributed by atoms with Crippen LogP contribution in [-0.4, -0.2) is 15.5 Å². The molecule has 0 saturated heterocycles. The van der Waals surface area contributed by atoms with Crippen LogP contribution in [0.2, 0.25) is 5.02 Å². The summed E-state index contributed by atoms with van der Waals surface area (Å²) in [6.07, 6.45) is 5.47. The van der Waals surface area contributed by atoms with E-state index in [1.54, 1.807) is 12.3 Å². The van der Waals surface area contributed by atoms with Crippen molar-refractivity contribution in [1.82, 2.24) is 9.55 Å². The highest BCUT2D eigenvalue weighted by Crippen LogP contribution is 2.23. The molecule has 0 aliphatic carbocycles. The smallest absolute Gasteiger partial charge is 0.228 e. The number of halogens is 1. The van der Waals surface area contributed by atoms with E-state index in [2.05, 4.69) is 27.9 Å². The molecule has 22 heavy (non-hydrogen) atoms. The maximum Gasteiger partial charge on any atom is 0.228 e. The SMILES string of the molecule is CCn1cc(CC(=O)Nc2ccncc2Cl)c2ccccc21. The first-order chi connectivity index (χ1) is 10.7. The summed E-state index contributed by atoms with van der Waals surface area (Å²) < 4.78 is 2.15. The largest absolute Gasteiger partial charge is 0.347 e. The quantitative estimate of drug-likeness (QED) is 0.794. The molecule has 1 aromatic carbocycles. The lowest BCUT2D eigenvalue weighted by molar-refractivity contribution is -0.115. The highest BCUT2D eigenvalue weighted by molar-refractivity contribution is 6.33. The Morgan fingerprint density at radius 1 is 1.32 bits per heavy atom. The maximum atomic E-state index is 12.3. The van der Waals surface area contributed by atoms with E-state index in [0.717, 1.165) is 23.0 Å². The zero-order valence-electron chi connectivity index (χ0n) is 12.2. The van der Waals surface area contributed by atoms with Crippen LogP contribution in [0.25, 0.3) is 10.9 Å². The zero-order valence-corrected chi connectivity index (χ0v) is 13.0. The molecule has 0 radical (unpaired) electrons. The Bertz CT molecular complexity index is 826. The van der Waals surface area contributed by atoms with Crippen LogP contribution in [0.4, 0.5) is 5.69 Å². The van der Waals surface area contributed by atoms with Gasteiger partial charge in [0.15, 0.2) is 0 Å². The molecule has 112 valence electrons. The molecule has 2 heterocycles. The van der Waals surface area contributed by atoms with Crippen molar-refractivity contribution in [3.05, 3.63) is 59.5 Å². The van der Waals surface area contributed by atoms with Gasteiger partial charge in [0.25, 0.3) is 0 Å². The molecular formula is C17H16ClN3O. The average molecular weight is 314 g/mol. The number of anilines is 1. The summed E-state index contributed by atoms with van der Waals surface area (Å²) in [5, 5.41) is 4.38. The van der Waals surface area contributed by atoms with Gasteiger partial charge in [0.05, 0.1) is 17.1 Å². The molecule has 1 amide bonds. The summed E-state index contributed by atoms with van der Waals surface area (Å²) in [6.45, 7) is 2.96. The van der Waals surface area contributed by atoms with Gasteiger partial charge in [-0.15, -0.1) is 0 Å². The van der Waals surface area contributed by atoms with Crippen molar-refractivity contribution in [1.29, 1.82) is 0 Å². The molecule has 5 heteroatoms. The van der Waals surface area contributed by atoms with Crippen molar-refractivity contribution in [2.45, 2.75) is 19.9 Å². The Kier molecular flexibility index (Phi) is 4.11. The number of benzene rings is 1. The monoisotopic (exact) mass is 313 g/mol. The zero-order chi connectivity index (χ0) is 15.5. The van der Waals surface area contributed by atoms with E-state index in [-0.39, 0.29) is 5.91 Å². The number of aromatic nitrogens is 2. The van der Waals surface area contributed by atoms with Crippen molar-refractivity contribution in [2.75, 3.05) is 5.32 Å². The second kappa shape index (κ2) is 6.20. The fourth-order valence-electron chi connectivity index (χ4n) is 2.57. The second-order valence-corrected chi connectivity index (χ2v) is 5.45. The Balaban J connectivity index is 1.84. The molecule has 0 spiro atoms. The molecule has 2 aromatic heterocycles. The molecule has 3 rings (SSSR count). The number of carbonyl (C=O) groups is 1.